The van der Waals surface area contributed by atoms with Gasteiger partial charge in [-0.1, -0.05) is 30.3 Å². The van der Waals surface area contributed by atoms with Crippen molar-refractivity contribution in [1.82, 2.24) is 41.2 Å². The van der Waals surface area contributed by atoms with Crippen molar-refractivity contribution >= 4 is 25.8 Å². The first-order valence-electron chi connectivity index (χ1n) is 9.84. The zero-order valence-electron chi connectivity index (χ0n) is 18.5. The first-order chi connectivity index (χ1) is 17.0. The van der Waals surface area contributed by atoms with Gasteiger partial charge in [-0.05, 0) is 34.5 Å². The van der Waals surface area contributed by atoms with Gasteiger partial charge < -0.3 is 15.6 Å². The molecule has 0 aliphatic rings. The van der Waals surface area contributed by atoms with Crippen LogP contribution in [0.2, 0.25) is 0 Å². The maximum atomic E-state index is 12.8. The number of hydrogen-bond acceptors (Lipinski definition) is 13. The summed E-state index contributed by atoms with van der Waals surface area (Å²) in [5, 5.41) is 41.4. The van der Waals surface area contributed by atoms with E-state index in [0.717, 1.165) is 6.92 Å². The monoisotopic (exact) mass is 535 g/mol. The van der Waals surface area contributed by atoms with E-state index in [1.54, 1.807) is 24.3 Å². The van der Waals surface area contributed by atoms with Crippen LogP contribution in [-0.4, -0.2) is 76.4 Å². The van der Waals surface area contributed by atoms with Gasteiger partial charge in [0.2, 0.25) is 21.7 Å². The molecule has 0 radical (unpaired) electrons. The molecule has 16 nitrogen and oxygen atoms in total. The summed E-state index contributed by atoms with van der Waals surface area (Å²) < 4.78 is 50.7. The quantitative estimate of drug-likeness (QED) is 0.197. The van der Waals surface area contributed by atoms with Crippen LogP contribution in [0.1, 0.15) is 6.92 Å². The van der Waals surface area contributed by atoms with Gasteiger partial charge in [0.1, 0.15) is 4.90 Å². The molecule has 2 heterocycles. The number of aromatic amines is 2. The van der Waals surface area contributed by atoms with E-state index >= 15 is 0 Å². The molecule has 2 aromatic heterocycles. The van der Waals surface area contributed by atoms with Crippen LogP contribution in [0.25, 0.3) is 33.9 Å². The molecule has 36 heavy (non-hydrogen) atoms. The number of aromatic nitrogens is 8. The number of aliphatic carboxylic acids is 1. The third kappa shape index (κ3) is 5.92. The summed E-state index contributed by atoms with van der Waals surface area (Å²) in [5.41, 5.74) is 6.80. The number of nitrogens with two attached hydrogens (primary N) is 2. The summed E-state index contributed by atoms with van der Waals surface area (Å²) in [6, 6.07) is 9.35. The number of sulfonamides is 1. The predicted molar refractivity (Wildman–Crippen MR) is 121 cm³/mol. The molecule has 0 saturated heterocycles. The van der Waals surface area contributed by atoms with E-state index in [4.69, 9.17) is 20.8 Å². The van der Waals surface area contributed by atoms with Gasteiger partial charge in [0, 0.05) is 18.1 Å². The third-order valence-electron chi connectivity index (χ3n) is 4.50. The van der Waals surface area contributed by atoms with Gasteiger partial charge in [-0.2, -0.15) is 10.4 Å². The largest absolute Gasteiger partial charge is 0.550 e. The minimum atomic E-state index is -4.54. The number of carboxylic acids is 1. The molecule has 18 heteroatoms. The molecule has 4 rings (SSSR count). The smallest absolute Gasteiger partial charge is 0.240 e. The zero-order valence-corrected chi connectivity index (χ0v) is 20.1. The highest BCUT2D eigenvalue weighted by atomic mass is 32.2. The van der Waals surface area contributed by atoms with E-state index in [1.807, 2.05) is 0 Å². The van der Waals surface area contributed by atoms with Crippen molar-refractivity contribution in [3.63, 3.8) is 0 Å². The molecule has 190 valence electrons. The van der Waals surface area contributed by atoms with Crippen molar-refractivity contribution in [3.05, 3.63) is 36.4 Å². The second-order valence-electron chi connectivity index (χ2n) is 7.01. The number of benzene rings is 2. The number of primary sulfonamides is 1. The Bertz CT molecular complexity index is 1550. The lowest BCUT2D eigenvalue weighted by molar-refractivity contribution is -0.302. The van der Waals surface area contributed by atoms with E-state index in [-0.39, 0.29) is 17.9 Å². The van der Waals surface area contributed by atoms with Crippen molar-refractivity contribution in [2.45, 2.75) is 16.7 Å². The number of nitrogens with one attached hydrogen (secondary N) is 2. The summed E-state index contributed by atoms with van der Waals surface area (Å²) in [6.07, 6.45) is 0. The van der Waals surface area contributed by atoms with Gasteiger partial charge in [-0.25, -0.2) is 22.0 Å². The maximum absolute atomic E-state index is 12.8. The first kappa shape index (κ1) is 26.5. The molecule has 0 aliphatic heterocycles. The predicted octanol–water partition coefficient (Wildman–Crippen LogP) is -2.15. The first-order valence-corrected chi connectivity index (χ1v) is 13.0. The van der Waals surface area contributed by atoms with Crippen molar-refractivity contribution in [2.75, 3.05) is 12.3 Å². The number of carbonyl (C=O) groups is 1. The molecular weight excluding hydrogens is 516 g/mol. The van der Waals surface area contributed by atoms with Gasteiger partial charge >= 0.3 is 0 Å². The van der Waals surface area contributed by atoms with Crippen LogP contribution >= 0.6 is 0 Å². The zero-order chi connectivity index (χ0) is 26.5. The Labute approximate surface area is 204 Å². The fourth-order valence-corrected chi connectivity index (χ4v) is 5.92. The number of nitrogens with zero attached hydrogens (tertiary/aromatic N) is 6. The van der Waals surface area contributed by atoms with Crippen molar-refractivity contribution in [3.8, 4) is 33.9 Å². The molecule has 6 N–H and O–H groups in total. The molecule has 0 saturated carbocycles. The Morgan fingerprint density at radius 2 is 1.44 bits per heavy atom. The number of tetrazole rings is 2. The highest BCUT2D eigenvalue weighted by Gasteiger charge is 2.31. The van der Waals surface area contributed by atoms with E-state index in [1.165, 1.54) is 12.1 Å². The number of H-pyrrole nitrogens is 2. The van der Waals surface area contributed by atoms with Crippen LogP contribution in [0.15, 0.2) is 46.2 Å². The third-order valence-corrected chi connectivity index (χ3v) is 7.40. The second-order valence-corrected chi connectivity index (χ2v) is 10.6. The van der Waals surface area contributed by atoms with Crippen LogP contribution in [0.5, 0.6) is 0 Å². The van der Waals surface area contributed by atoms with Crippen LogP contribution in [0.3, 0.4) is 0 Å². The number of hydrogen-bond donors (Lipinski definition) is 4. The molecule has 0 fully saturated rings. The minimum absolute atomic E-state index is 0.105. The van der Waals surface area contributed by atoms with Crippen LogP contribution in [-0.2, 0) is 24.7 Å². The summed E-state index contributed by atoms with van der Waals surface area (Å²) in [5.74, 6) is -1.33. The van der Waals surface area contributed by atoms with Crippen LogP contribution in [0.4, 0.5) is 0 Å². The SMILES string of the molecule is CC(=O)[O-].NCCS(=O)(=O)c1ccc(-c2ccc(-c3nn[nH]n3)cc2)c(-c2nn[nH]n2)c1S(N)(=O)=O. The molecule has 4 aromatic rings. The Balaban J connectivity index is 0.000000840. The van der Waals surface area contributed by atoms with Gasteiger partial charge in [0.25, 0.3) is 0 Å². The Kier molecular flexibility index (Phi) is 7.83. The van der Waals surface area contributed by atoms with Crippen LogP contribution in [0, 0.1) is 0 Å². The molecule has 2 aromatic carbocycles. The van der Waals surface area contributed by atoms with E-state index < -0.39 is 41.4 Å². The van der Waals surface area contributed by atoms with Crippen molar-refractivity contribution < 1.29 is 26.7 Å². The summed E-state index contributed by atoms with van der Waals surface area (Å²) in [6.45, 7) is 0.767. The van der Waals surface area contributed by atoms with Crippen molar-refractivity contribution in [2.24, 2.45) is 10.9 Å². The standard InChI is InChI=1S/C16H16N10O4S2.C2H4O2/c17-7-8-31(27,28)12-6-5-11(9-1-3-10(4-2-9)15-19-23-24-20-15)13(14(12)32(18,29)30)16-21-25-26-22-16;1-2(3)4/h1-6H,7-8,17H2,(H2,18,29,30)(H,19,20,23,24)(H,21,22,25,26);1H3,(H,3,4)/p-1. The van der Waals surface area contributed by atoms with Crippen LogP contribution < -0.4 is 16.0 Å². The fourth-order valence-electron chi connectivity index (χ4n) is 3.17. The maximum Gasteiger partial charge on any atom is 0.240 e. The molecule has 0 aliphatic carbocycles. The average molecular weight is 536 g/mol. The molecule has 0 spiro atoms. The molecular formula is C18H19N10O6S2-. The van der Waals surface area contributed by atoms with Gasteiger partial charge in [0.05, 0.1) is 16.2 Å². The topological polar surface area (TPSA) is 269 Å². The lowest BCUT2D eigenvalue weighted by Crippen LogP contribution is -2.22. The number of rotatable bonds is 7. The Morgan fingerprint density at radius 1 is 0.917 bits per heavy atom. The normalized spacial score (nSPS) is 11.5. The fraction of sp³-hybridized carbons (Fsp3) is 0.167. The summed E-state index contributed by atoms with van der Waals surface area (Å²) >= 11 is 0. The summed E-state index contributed by atoms with van der Waals surface area (Å²) in [7, 11) is -8.61. The number of carbonyl (C=O) groups excluding carboxylic acids is 1. The second kappa shape index (κ2) is 10.6. The molecule has 0 unspecified atom stereocenters. The van der Waals surface area contributed by atoms with Gasteiger partial charge in [-0.3, -0.25) is 0 Å². The Hall–Kier alpha value is -4.13. The van der Waals surface area contributed by atoms with Gasteiger partial charge in [-0.15, -0.1) is 20.4 Å². The molecule has 0 atom stereocenters. The lowest BCUT2D eigenvalue weighted by Gasteiger charge is -2.16. The van der Waals surface area contributed by atoms with E-state index in [2.05, 4.69) is 41.2 Å². The highest BCUT2D eigenvalue weighted by Crippen LogP contribution is 2.39. The molecule has 0 amide bonds. The number of carboxylic acid groups (broad SMARTS) is 1. The van der Waals surface area contributed by atoms with Crippen molar-refractivity contribution in [1.29, 1.82) is 0 Å². The van der Waals surface area contributed by atoms with E-state index in [0.29, 0.717) is 22.5 Å². The molecule has 0 bridgehead atoms. The average Bonchev–Trinajstić information content (AvgIpc) is 3.52. The van der Waals surface area contributed by atoms with Gasteiger partial charge in [0.15, 0.2) is 9.84 Å². The van der Waals surface area contributed by atoms with E-state index in [9.17, 15) is 16.8 Å². The summed E-state index contributed by atoms with van der Waals surface area (Å²) in [4.78, 5) is 7.77. The Morgan fingerprint density at radius 3 is 1.92 bits per heavy atom. The highest BCUT2D eigenvalue weighted by molar-refractivity contribution is 7.93. The number of sulfone groups is 1. The minimum Gasteiger partial charge on any atom is -0.550 e. The lowest BCUT2D eigenvalue weighted by atomic mass is 9.98.